The Hall–Kier alpha value is -1.02. The van der Waals surface area contributed by atoms with Crippen molar-refractivity contribution in [3.63, 3.8) is 0 Å². The molecule has 1 N–H and O–H groups in total. The molecule has 0 bridgehead atoms. The number of amides is 1. The Bertz CT molecular complexity index is 365. The number of halogens is 1. The van der Waals surface area contributed by atoms with Crippen LogP contribution in [-0.4, -0.2) is 18.3 Å². The van der Waals surface area contributed by atoms with Crippen LogP contribution in [0.5, 0.6) is 0 Å². The first kappa shape index (κ1) is 14.0. The van der Waals surface area contributed by atoms with E-state index in [2.05, 4.69) is 12.2 Å². The van der Waals surface area contributed by atoms with E-state index in [4.69, 9.17) is 11.6 Å². The van der Waals surface area contributed by atoms with Gasteiger partial charge in [-0.3, -0.25) is 4.79 Å². The maximum atomic E-state index is 11.7. The summed E-state index contributed by atoms with van der Waals surface area (Å²) in [6.07, 6.45) is 1.39. The normalized spacial score (nSPS) is 12.2. The molecule has 94 valence electrons. The lowest BCUT2D eigenvalue weighted by molar-refractivity contribution is -0.120. The minimum Gasteiger partial charge on any atom is -0.356 e. The largest absolute Gasteiger partial charge is 0.356 e. The second-order valence-corrected chi connectivity index (χ2v) is 4.93. The smallest absolute Gasteiger partial charge is 0.224 e. The zero-order valence-electron chi connectivity index (χ0n) is 10.5. The zero-order chi connectivity index (χ0) is 12.7. The molecular formula is C14H20ClNO. The van der Waals surface area contributed by atoms with Gasteiger partial charge in [-0.25, -0.2) is 0 Å². The van der Waals surface area contributed by atoms with Crippen molar-refractivity contribution < 1.29 is 4.79 Å². The number of nitrogens with one attached hydrogen (secondary N) is 1. The SMILES string of the molecule is Cc1cccc(CC(=O)NCC(C)CCCl)c1. The van der Waals surface area contributed by atoms with Gasteiger partial charge in [-0.1, -0.05) is 36.8 Å². The molecular weight excluding hydrogens is 234 g/mol. The Morgan fingerprint density at radius 1 is 1.47 bits per heavy atom. The Morgan fingerprint density at radius 3 is 2.88 bits per heavy atom. The van der Waals surface area contributed by atoms with Crippen LogP contribution in [0.3, 0.4) is 0 Å². The van der Waals surface area contributed by atoms with Gasteiger partial charge in [0.15, 0.2) is 0 Å². The molecule has 0 radical (unpaired) electrons. The summed E-state index contributed by atoms with van der Waals surface area (Å²) in [5.41, 5.74) is 2.25. The molecule has 0 aliphatic rings. The summed E-state index contributed by atoms with van der Waals surface area (Å²) in [4.78, 5) is 11.7. The van der Waals surface area contributed by atoms with Gasteiger partial charge >= 0.3 is 0 Å². The standard InChI is InChI=1S/C14H20ClNO/c1-11-4-3-5-13(8-11)9-14(17)16-10-12(2)6-7-15/h3-5,8,12H,6-7,9-10H2,1-2H3,(H,16,17). The second-order valence-electron chi connectivity index (χ2n) is 4.55. The van der Waals surface area contributed by atoms with Crippen LogP contribution in [0.25, 0.3) is 0 Å². The van der Waals surface area contributed by atoms with Crippen LogP contribution in [-0.2, 0) is 11.2 Å². The Morgan fingerprint density at radius 2 is 2.24 bits per heavy atom. The third kappa shape index (κ3) is 5.73. The average Bonchev–Trinajstić information content (AvgIpc) is 2.27. The topological polar surface area (TPSA) is 29.1 Å². The summed E-state index contributed by atoms with van der Waals surface area (Å²) >= 11 is 5.65. The maximum absolute atomic E-state index is 11.7. The summed E-state index contributed by atoms with van der Waals surface area (Å²) in [6.45, 7) is 4.83. The molecule has 0 aromatic heterocycles. The number of aryl methyl sites for hydroxylation is 1. The van der Waals surface area contributed by atoms with Crippen LogP contribution >= 0.6 is 11.6 Å². The van der Waals surface area contributed by atoms with Gasteiger partial charge in [-0.05, 0) is 24.8 Å². The molecule has 0 aliphatic heterocycles. The van der Waals surface area contributed by atoms with Gasteiger partial charge in [0.25, 0.3) is 0 Å². The molecule has 0 spiro atoms. The number of benzene rings is 1. The highest BCUT2D eigenvalue weighted by atomic mass is 35.5. The highest BCUT2D eigenvalue weighted by Crippen LogP contribution is 2.05. The molecule has 1 atom stereocenters. The van der Waals surface area contributed by atoms with Crippen LogP contribution in [0.15, 0.2) is 24.3 Å². The van der Waals surface area contributed by atoms with E-state index in [1.807, 2.05) is 31.2 Å². The first-order chi connectivity index (χ1) is 8.11. The van der Waals surface area contributed by atoms with Crippen molar-refractivity contribution in [3.05, 3.63) is 35.4 Å². The van der Waals surface area contributed by atoms with E-state index >= 15 is 0 Å². The molecule has 0 fully saturated rings. The third-order valence-corrected chi connectivity index (χ3v) is 2.91. The molecule has 1 aromatic rings. The molecule has 1 rings (SSSR count). The fourth-order valence-electron chi connectivity index (χ4n) is 1.65. The molecule has 3 heteroatoms. The predicted molar refractivity (Wildman–Crippen MR) is 72.4 cm³/mol. The number of rotatable bonds is 6. The van der Waals surface area contributed by atoms with Gasteiger partial charge in [-0.2, -0.15) is 0 Å². The predicted octanol–water partition coefficient (Wildman–Crippen LogP) is 2.92. The number of carbonyl (C=O) groups excluding carboxylic acids is 1. The summed E-state index contributed by atoms with van der Waals surface area (Å²) in [5.74, 6) is 1.17. The molecule has 0 saturated carbocycles. The van der Waals surface area contributed by atoms with Crippen molar-refractivity contribution in [1.82, 2.24) is 5.32 Å². The van der Waals surface area contributed by atoms with E-state index in [0.29, 0.717) is 24.8 Å². The van der Waals surface area contributed by atoms with Gasteiger partial charge in [0, 0.05) is 12.4 Å². The van der Waals surface area contributed by atoms with Gasteiger partial charge < -0.3 is 5.32 Å². The van der Waals surface area contributed by atoms with E-state index in [1.165, 1.54) is 5.56 Å². The molecule has 0 heterocycles. The highest BCUT2D eigenvalue weighted by Gasteiger charge is 2.06. The second kappa shape index (κ2) is 7.33. The van der Waals surface area contributed by atoms with Gasteiger partial charge in [0.05, 0.1) is 6.42 Å². The van der Waals surface area contributed by atoms with E-state index in [1.54, 1.807) is 0 Å². The fourth-order valence-corrected chi connectivity index (χ4v) is 2.02. The number of alkyl halides is 1. The number of carbonyl (C=O) groups is 1. The molecule has 17 heavy (non-hydrogen) atoms. The first-order valence-corrected chi connectivity index (χ1v) is 6.53. The van der Waals surface area contributed by atoms with Crippen molar-refractivity contribution >= 4 is 17.5 Å². The van der Waals surface area contributed by atoms with Crippen molar-refractivity contribution in [2.24, 2.45) is 5.92 Å². The van der Waals surface area contributed by atoms with Crippen LogP contribution in [0, 0.1) is 12.8 Å². The van der Waals surface area contributed by atoms with Gasteiger partial charge in [-0.15, -0.1) is 11.6 Å². The molecule has 1 amide bonds. The molecule has 1 aromatic carbocycles. The lowest BCUT2D eigenvalue weighted by Gasteiger charge is -2.11. The molecule has 0 saturated heterocycles. The minimum absolute atomic E-state index is 0.0806. The monoisotopic (exact) mass is 253 g/mol. The van der Waals surface area contributed by atoms with E-state index in [0.717, 1.165) is 12.0 Å². The first-order valence-electron chi connectivity index (χ1n) is 6.00. The number of hydrogen-bond acceptors (Lipinski definition) is 1. The van der Waals surface area contributed by atoms with Crippen LogP contribution in [0.1, 0.15) is 24.5 Å². The third-order valence-electron chi connectivity index (χ3n) is 2.70. The van der Waals surface area contributed by atoms with Crippen molar-refractivity contribution in [1.29, 1.82) is 0 Å². The van der Waals surface area contributed by atoms with Crippen LogP contribution in [0.2, 0.25) is 0 Å². The average molecular weight is 254 g/mol. The summed E-state index contributed by atoms with van der Waals surface area (Å²) < 4.78 is 0. The fraction of sp³-hybridized carbons (Fsp3) is 0.500. The minimum atomic E-state index is 0.0806. The summed E-state index contributed by atoms with van der Waals surface area (Å²) in [5, 5.41) is 2.94. The van der Waals surface area contributed by atoms with Crippen molar-refractivity contribution in [3.8, 4) is 0 Å². The van der Waals surface area contributed by atoms with Crippen LogP contribution < -0.4 is 5.32 Å². The summed E-state index contributed by atoms with van der Waals surface area (Å²) in [6, 6.07) is 8.04. The molecule has 0 aliphatic carbocycles. The zero-order valence-corrected chi connectivity index (χ0v) is 11.3. The quantitative estimate of drug-likeness (QED) is 0.776. The van der Waals surface area contributed by atoms with Gasteiger partial charge in [0.2, 0.25) is 5.91 Å². The Labute approximate surface area is 108 Å². The van der Waals surface area contributed by atoms with Gasteiger partial charge in [0.1, 0.15) is 0 Å². The van der Waals surface area contributed by atoms with E-state index in [9.17, 15) is 4.79 Å². The maximum Gasteiger partial charge on any atom is 0.224 e. The van der Waals surface area contributed by atoms with Crippen molar-refractivity contribution in [2.45, 2.75) is 26.7 Å². The lowest BCUT2D eigenvalue weighted by atomic mass is 10.1. The van der Waals surface area contributed by atoms with E-state index in [-0.39, 0.29) is 5.91 Å². The lowest BCUT2D eigenvalue weighted by Crippen LogP contribution is -2.29. The Balaban J connectivity index is 2.34. The molecule has 1 unspecified atom stereocenters. The Kier molecular flexibility index (Phi) is 6.06. The van der Waals surface area contributed by atoms with Crippen LogP contribution in [0.4, 0.5) is 0 Å². The van der Waals surface area contributed by atoms with E-state index < -0.39 is 0 Å². The number of hydrogen-bond donors (Lipinski definition) is 1. The summed E-state index contributed by atoms with van der Waals surface area (Å²) in [7, 11) is 0. The molecule has 2 nitrogen and oxygen atoms in total. The van der Waals surface area contributed by atoms with Crippen molar-refractivity contribution in [2.75, 3.05) is 12.4 Å². The highest BCUT2D eigenvalue weighted by molar-refractivity contribution is 6.17.